The summed E-state index contributed by atoms with van der Waals surface area (Å²) in [5, 5.41) is 5.19. The zero-order valence-electron chi connectivity index (χ0n) is 18.0. The van der Waals surface area contributed by atoms with E-state index in [1.165, 1.54) is 12.0 Å². The zero-order valence-corrected chi connectivity index (χ0v) is 18.0. The maximum absolute atomic E-state index is 12.4. The second-order valence-electron chi connectivity index (χ2n) is 7.15. The van der Waals surface area contributed by atoms with Gasteiger partial charge in [0.05, 0.1) is 27.3 Å². The molecule has 1 aromatic carbocycles. The summed E-state index contributed by atoms with van der Waals surface area (Å²) in [4.78, 5) is 49.3. The van der Waals surface area contributed by atoms with Gasteiger partial charge in [-0.2, -0.15) is 0 Å². The van der Waals surface area contributed by atoms with Crippen molar-refractivity contribution in [3.05, 3.63) is 24.3 Å². The molecule has 30 heavy (non-hydrogen) atoms. The summed E-state index contributed by atoms with van der Waals surface area (Å²) >= 11 is 0. The largest absolute Gasteiger partial charge is 0.497 e. The normalized spacial score (nSPS) is 10.3. The fourth-order valence-corrected chi connectivity index (χ4v) is 2.63. The van der Waals surface area contributed by atoms with Crippen molar-refractivity contribution in [2.24, 2.45) is 5.92 Å². The highest BCUT2D eigenvalue weighted by molar-refractivity contribution is 5.95. The molecular formula is C21H31N3O6. The molecule has 1 aromatic rings. The molecule has 0 heterocycles. The number of hydrogen-bond acceptors (Lipinski definition) is 6. The first-order chi connectivity index (χ1) is 14.2. The maximum atomic E-state index is 12.4. The van der Waals surface area contributed by atoms with Crippen LogP contribution in [-0.2, 0) is 23.9 Å². The summed E-state index contributed by atoms with van der Waals surface area (Å²) in [5.74, 6) is -0.567. The lowest BCUT2D eigenvalue weighted by Gasteiger charge is -2.24. The van der Waals surface area contributed by atoms with Crippen LogP contribution in [0.1, 0.15) is 33.1 Å². The van der Waals surface area contributed by atoms with Gasteiger partial charge in [0.25, 0.3) is 0 Å². The van der Waals surface area contributed by atoms with Crippen molar-refractivity contribution in [2.75, 3.05) is 39.2 Å². The number of methoxy groups -OCH3 is 2. The fraction of sp³-hybridized carbons (Fsp3) is 0.524. The van der Waals surface area contributed by atoms with Gasteiger partial charge in [0.1, 0.15) is 5.75 Å². The molecular weight excluding hydrogens is 390 g/mol. The van der Waals surface area contributed by atoms with Gasteiger partial charge in [-0.3, -0.25) is 19.2 Å². The molecule has 0 spiro atoms. The minimum Gasteiger partial charge on any atom is -0.497 e. The van der Waals surface area contributed by atoms with Gasteiger partial charge in [-0.05, 0) is 36.6 Å². The minimum absolute atomic E-state index is 0.146. The molecule has 0 bridgehead atoms. The summed E-state index contributed by atoms with van der Waals surface area (Å²) in [6.45, 7) is 3.92. The molecule has 2 N–H and O–H groups in total. The molecule has 0 atom stereocenters. The van der Waals surface area contributed by atoms with Gasteiger partial charge in [-0.1, -0.05) is 13.8 Å². The molecule has 0 saturated heterocycles. The maximum Gasteiger partial charge on any atom is 0.305 e. The Labute approximate surface area is 177 Å². The molecule has 0 fully saturated rings. The van der Waals surface area contributed by atoms with E-state index in [-0.39, 0.29) is 49.6 Å². The van der Waals surface area contributed by atoms with Crippen LogP contribution in [0, 0.1) is 5.92 Å². The van der Waals surface area contributed by atoms with E-state index in [2.05, 4.69) is 15.4 Å². The number of anilines is 1. The van der Waals surface area contributed by atoms with Crippen LogP contribution in [0.15, 0.2) is 24.3 Å². The van der Waals surface area contributed by atoms with E-state index in [1.54, 1.807) is 31.4 Å². The molecule has 0 saturated carbocycles. The van der Waals surface area contributed by atoms with E-state index in [1.807, 2.05) is 13.8 Å². The van der Waals surface area contributed by atoms with Crippen molar-refractivity contribution in [3.8, 4) is 5.75 Å². The smallest absolute Gasteiger partial charge is 0.305 e. The van der Waals surface area contributed by atoms with Gasteiger partial charge in [0, 0.05) is 25.1 Å². The van der Waals surface area contributed by atoms with Gasteiger partial charge >= 0.3 is 5.97 Å². The van der Waals surface area contributed by atoms with E-state index in [9.17, 15) is 19.2 Å². The number of amides is 3. The topological polar surface area (TPSA) is 114 Å². The molecule has 0 unspecified atom stereocenters. The Hall–Kier alpha value is -3.10. The zero-order chi connectivity index (χ0) is 22.5. The highest BCUT2D eigenvalue weighted by atomic mass is 16.5. The Kier molecular flexibility index (Phi) is 11.0. The number of nitrogens with zero attached hydrogens (tertiary/aromatic N) is 1. The van der Waals surface area contributed by atoms with Crippen LogP contribution < -0.4 is 15.4 Å². The number of rotatable bonds is 12. The van der Waals surface area contributed by atoms with Gasteiger partial charge in [-0.15, -0.1) is 0 Å². The van der Waals surface area contributed by atoms with Crippen LogP contribution in [0.5, 0.6) is 5.75 Å². The first kappa shape index (κ1) is 24.9. The van der Waals surface area contributed by atoms with Crippen molar-refractivity contribution >= 4 is 29.4 Å². The van der Waals surface area contributed by atoms with Crippen molar-refractivity contribution < 1.29 is 28.7 Å². The van der Waals surface area contributed by atoms with Crippen LogP contribution in [-0.4, -0.2) is 62.4 Å². The predicted molar refractivity (Wildman–Crippen MR) is 112 cm³/mol. The summed E-state index contributed by atoms with van der Waals surface area (Å²) in [5.41, 5.74) is 0.581. The average molecular weight is 421 g/mol. The molecule has 9 nitrogen and oxygen atoms in total. The van der Waals surface area contributed by atoms with Gasteiger partial charge < -0.3 is 25.0 Å². The number of ether oxygens (including phenoxy) is 2. The first-order valence-electron chi connectivity index (χ1n) is 9.80. The van der Waals surface area contributed by atoms with E-state index in [0.29, 0.717) is 24.4 Å². The third-order valence-corrected chi connectivity index (χ3v) is 4.09. The van der Waals surface area contributed by atoms with Crippen LogP contribution in [0.4, 0.5) is 5.69 Å². The molecule has 0 aromatic heterocycles. The third kappa shape index (κ3) is 9.90. The fourth-order valence-electron chi connectivity index (χ4n) is 2.63. The number of nitrogens with one attached hydrogen (secondary N) is 2. The van der Waals surface area contributed by atoms with Gasteiger partial charge in [0.15, 0.2) is 0 Å². The second-order valence-corrected chi connectivity index (χ2v) is 7.15. The van der Waals surface area contributed by atoms with Gasteiger partial charge in [0.2, 0.25) is 17.7 Å². The van der Waals surface area contributed by atoms with Crippen LogP contribution in [0.25, 0.3) is 0 Å². The standard InChI is InChI=1S/C21H31N3O6/c1-15(2)13-24(20(27)6-5-7-21(28)30-4)14-19(26)22-12-18(25)23-16-8-10-17(29-3)11-9-16/h8-11,15H,5-7,12-14H2,1-4H3,(H,22,26)(H,23,25). The molecule has 1 rings (SSSR count). The van der Waals surface area contributed by atoms with Gasteiger partial charge in [-0.25, -0.2) is 0 Å². The SMILES string of the molecule is COC(=O)CCCC(=O)N(CC(=O)NCC(=O)Nc1ccc(OC)cc1)CC(C)C. The minimum atomic E-state index is -0.429. The summed E-state index contributed by atoms with van der Waals surface area (Å²) in [6.07, 6.45) is 0.647. The molecule has 0 aliphatic carbocycles. The Balaban J connectivity index is 2.48. The van der Waals surface area contributed by atoms with E-state index in [4.69, 9.17) is 4.74 Å². The molecule has 0 aliphatic rings. The lowest BCUT2D eigenvalue weighted by molar-refractivity contribution is -0.141. The Morgan fingerprint density at radius 3 is 2.23 bits per heavy atom. The molecule has 166 valence electrons. The van der Waals surface area contributed by atoms with Crippen molar-refractivity contribution in [1.29, 1.82) is 0 Å². The van der Waals surface area contributed by atoms with E-state index < -0.39 is 5.91 Å². The van der Waals surface area contributed by atoms with Crippen LogP contribution in [0.3, 0.4) is 0 Å². The number of carbonyl (C=O) groups excluding carboxylic acids is 4. The van der Waals surface area contributed by atoms with E-state index >= 15 is 0 Å². The molecule has 3 amide bonds. The number of hydrogen-bond donors (Lipinski definition) is 2. The summed E-state index contributed by atoms with van der Waals surface area (Å²) in [7, 11) is 2.85. The van der Waals surface area contributed by atoms with Crippen molar-refractivity contribution in [1.82, 2.24) is 10.2 Å². The lowest BCUT2D eigenvalue weighted by atomic mass is 10.1. The Morgan fingerprint density at radius 1 is 1.00 bits per heavy atom. The number of esters is 1. The quantitative estimate of drug-likeness (QED) is 0.495. The Morgan fingerprint density at radius 2 is 1.67 bits per heavy atom. The Bertz CT molecular complexity index is 718. The average Bonchev–Trinajstić information content (AvgIpc) is 2.71. The summed E-state index contributed by atoms with van der Waals surface area (Å²) < 4.78 is 9.61. The number of benzene rings is 1. The third-order valence-electron chi connectivity index (χ3n) is 4.09. The number of carbonyl (C=O) groups is 4. The monoisotopic (exact) mass is 421 g/mol. The second kappa shape index (κ2) is 13.2. The highest BCUT2D eigenvalue weighted by Gasteiger charge is 2.19. The van der Waals surface area contributed by atoms with Crippen molar-refractivity contribution in [2.45, 2.75) is 33.1 Å². The van der Waals surface area contributed by atoms with Crippen LogP contribution in [0.2, 0.25) is 0 Å². The van der Waals surface area contributed by atoms with E-state index in [0.717, 1.165) is 0 Å². The lowest BCUT2D eigenvalue weighted by Crippen LogP contribution is -2.44. The first-order valence-corrected chi connectivity index (χ1v) is 9.80. The molecule has 0 radical (unpaired) electrons. The van der Waals surface area contributed by atoms with Crippen LogP contribution >= 0.6 is 0 Å². The highest BCUT2D eigenvalue weighted by Crippen LogP contribution is 2.14. The summed E-state index contributed by atoms with van der Waals surface area (Å²) in [6, 6.07) is 6.80. The molecule has 0 aliphatic heterocycles. The van der Waals surface area contributed by atoms with Crippen molar-refractivity contribution in [3.63, 3.8) is 0 Å². The molecule has 9 heteroatoms. The predicted octanol–water partition coefficient (Wildman–Crippen LogP) is 1.58.